The molecule has 1 aliphatic heterocycles. The first-order valence-electron chi connectivity index (χ1n) is 8.88. The molecule has 3 heterocycles. The maximum absolute atomic E-state index is 14.3. The summed E-state index contributed by atoms with van der Waals surface area (Å²) < 4.78 is 14.3. The molecule has 28 heavy (non-hydrogen) atoms. The van der Waals surface area contributed by atoms with E-state index in [1.54, 1.807) is 0 Å². The van der Waals surface area contributed by atoms with Crippen LogP contribution in [0, 0.1) is 15.9 Å². The lowest BCUT2D eigenvalue weighted by molar-refractivity contribution is -0.380. The highest BCUT2D eigenvalue weighted by molar-refractivity contribution is 7.18. The highest BCUT2D eigenvalue weighted by Crippen LogP contribution is 2.38. The Morgan fingerprint density at radius 3 is 2.46 bits per heavy atom. The largest absolute Gasteiger partial charge is 0.365 e. The Balaban J connectivity index is 1.77. The van der Waals surface area contributed by atoms with E-state index < -0.39 is 10.7 Å². The maximum atomic E-state index is 14.3. The van der Waals surface area contributed by atoms with Crippen molar-refractivity contribution in [2.45, 2.75) is 57.7 Å². The molecule has 152 valence electrons. The van der Waals surface area contributed by atoms with Gasteiger partial charge in [-0.2, -0.15) is 4.98 Å². The first kappa shape index (κ1) is 20.3. The number of hydrogen-bond donors (Lipinski definition) is 2. The van der Waals surface area contributed by atoms with Gasteiger partial charge in [-0.05, 0) is 58.9 Å². The number of aromatic nitrogens is 3. The molecule has 0 unspecified atom stereocenters. The van der Waals surface area contributed by atoms with Crippen LogP contribution >= 0.6 is 11.3 Å². The molecular weight excluding hydrogens is 385 g/mol. The number of likely N-dealkylation sites (tertiary alicyclic amines) is 1. The molecule has 0 amide bonds. The number of nitrogens with one attached hydrogen (secondary N) is 2. The van der Waals surface area contributed by atoms with Gasteiger partial charge in [0.25, 0.3) is 0 Å². The molecule has 9 nitrogen and oxygen atoms in total. The van der Waals surface area contributed by atoms with Gasteiger partial charge in [0.1, 0.15) is 6.20 Å². The van der Waals surface area contributed by atoms with Crippen LogP contribution < -0.4 is 10.6 Å². The smallest absolute Gasteiger partial charge is 0.345 e. The Labute approximate surface area is 166 Å². The fourth-order valence-electron chi connectivity index (χ4n) is 3.70. The Bertz CT molecular complexity index is 868. The standard InChI is InChI=1S/C17H24FN7O2S/c1-16(2)6-10(7-17(3,4)24(16)5)21-13-11(18)8-19-14(22-13)23-15-20-9-12(28-15)25(26)27/h8-10H,6-7H2,1-5H3,(H2,19,20,21,22,23). The molecule has 0 atom stereocenters. The molecule has 2 aromatic rings. The van der Waals surface area contributed by atoms with E-state index in [-0.39, 0.29) is 39.0 Å². The van der Waals surface area contributed by atoms with Crippen molar-refractivity contribution in [3.05, 3.63) is 28.3 Å². The zero-order valence-electron chi connectivity index (χ0n) is 16.5. The van der Waals surface area contributed by atoms with E-state index in [0.717, 1.165) is 36.6 Å². The van der Waals surface area contributed by atoms with Crippen molar-refractivity contribution in [1.82, 2.24) is 19.9 Å². The minimum Gasteiger partial charge on any atom is -0.365 e. The van der Waals surface area contributed by atoms with Crippen molar-refractivity contribution in [2.24, 2.45) is 0 Å². The maximum Gasteiger partial charge on any atom is 0.345 e. The summed E-state index contributed by atoms with van der Waals surface area (Å²) in [6, 6.07) is 0.0411. The fourth-order valence-corrected chi connectivity index (χ4v) is 4.32. The lowest BCUT2D eigenvalue weighted by Crippen LogP contribution is -2.61. The molecule has 0 saturated carbocycles. The summed E-state index contributed by atoms with van der Waals surface area (Å²) in [5.41, 5.74) is -0.104. The van der Waals surface area contributed by atoms with Gasteiger partial charge in [-0.1, -0.05) is 0 Å². The van der Waals surface area contributed by atoms with Gasteiger partial charge < -0.3 is 5.32 Å². The molecule has 0 aromatic carbocycles. The molecule has 11 heteroatoms. The van der Waals surface area contributed by atoms with Crippen LogP contribution in [0.3, 0.4) is 0 Å². The normalized spacial score (nSPS) is 19.4. The number of nitrogens with zero attached hydrogens (tertiary/aromatic N) is 5. The summed E-state index contributed by atoms with van der Waals surface area (Å²) in [5.74, 6) is -0.325. The van der Waals surface area contributed by atoms with Crippen LogP contribution in [0.5, 0.6) is 0 Å². The Morgan fingerprint density at radius 1 is 1.25 bits per heavy atom. The van der Waals surface area contributed by atoms with Crippen molar-refractivity contribution < 1.29 is 9.31 Å². The number of thiazole rings is 1. The topological polar surface area (TPSA) is 109 Å². The molecule has 1 saturated heterocycles. The average Bonchev–Trinajstić information content (AvgIpc) is 3.04. The first-order valence-corrected chi connectivity index (χ1v) is 9.70. The summed E-state index contributed by atoms with van der Waals surface area (Å²) in [5, 5.41) is 16.9. The van der Waals surface area contributed by atoms with Crippen molar-refractivity contribution in [2.75, 3.05) is 17.7 Å². The molecule has 3 rings (SSSR count). The van der Waals surface area contributed by atoms with Gasteiger partial charge in [-0.15, -0.1) is 0 Å². The van der Waals surface area contributed by atoms with Crippen LogP contribution in [-0.4, -0.2) is 48.9 Å². The van der Waals surface area contributed by atoms with E-state index in [0.29, 0.717) is 0 Å². The third-order valence-corrected chi connectivity index (χ3v) is 6.15. The van der Waals surface area contributed by atoms with Gasteiger partial charge in [-0.3, -0.25) is 20.3 Å². The molecule has 1 fully saturated rings. The van der Waals surface area contributed by atoms with Gasteiger partial charge in [0.05, 0.1) is 11.1 Å². The lowest BCUT2D eigenvalue weighted by atomic mass is 9.77. The molecule has 2 N–H and O–H groups in total. The molecule has 1 aliphatic rings. The average molecular weight is 409 g/mol. The number of hydrogen-bond acceptors (Lipinski definition) is 9. The fraction of sp³-hybridized carbons (Fsp3) is 0.588. The van der Waals surface area contributed by atoms with Crippen LogP contribution in [-0.2, 0) is 0 Å². The second-order valence-corrected chi connectivity index (χ2v) is 9.22. The van der Waals surface area contributed by atoms with Crippen LogP contribution in [0.4, 0.5) is 26.3 Å². The molecule has 2 aromatic heterocycles. The monoisotopic (exact) mass is 409 g/mol. The highest BCUT2D eigenvalue weighted by Gasteiger charge is 2.43. The second-order valence-electron chi connectivity index (χ2n) is 8.21. The van der Waals surface area contributed by atoms with Crippen LogP contribution in [0.1, 0.15) is 40.5 Å². The SMILES string of the molecule is CN1C(C)(C)CC(Nc2nc(Nc3ncc([N+](=O)[O-])s3)ncc2F)CC1(C)C. The summed E-state index contributed by atoms with van der Waals surface area (Å²) in [6.45, 7) is 8.67. The van der Waals surface area contributed by atoms with E-state index in [4.69, 9.17) is 0 Å². The molecule has 0 aliphatic carbocycles. The van der Waals surface area contributed by atoms with Gasteiger partial charge in [0.2, 0.25) is 5.95 Å². The van der Waals surface area contributed by atoms with Crippen LogP contribution in [0.15, 0.2) is 12.4 Å². The predicted molar refractivity (Wildman–Crippen MR) is 107 cm³/mol. The molecule has 0 bridgehead atoms. The van der Waals surface area contributed by atoms with E-state index >= 15 is 0 Å². The number of halogens is 1. The molecule has 0 radical (unpaired) electrons. The quantitative estimate of drug-likeness (QED) is 0.567. The minimum absolute atomic E-state index is 0.0411. The molecule has 0 spiro atoms. The summed E-state index contributed by atoms with van der Waals surface area (Å²) in [6.07, 6.45) is 3.89. The summed E-state index contributed by atoms with van der Waals surface area (Å²) in [4.78, 5) is 24.6. The number of piperidine rings is 1. The van der Waals surface area contributed by atoms with Crippen molar-refractivity contribution in [1.29, 1.82) is 0 Å². The van der Waals surface area contributed by atoms with E-state index in [2.05, 4.69) is 65.2 Å². The van der Waals surface area contributed by atoms with Crippen LogP contribution in [0.25, 0.3) is 0 Å². The van der Waals surface area contributed by atoms with Gasteiger partial charge in [-0.25, -0.2) is 14.4 Å². The summed E-state index contributed by atoms with van der Waals surface area (Å²) in [7, 11) is 2.11. The van der Waals surface area contributed by atoms with E-state index in [9.17, 15) is 14.5 Å². The number of nitro groups is 1. The Kier molecular flexibility index (Phi) is 5.24. The van der Waals surface area contributed by atoms with E-state index in [1.165, 1.54) is 0 Å². The van der Waals surface area contributed by atoms with Crippen molar-refractivity contribution >= 4 is 33.2 Å². The highest BCUT2D eigenvalue weighted by atomic mass is 32.1. The number of rotatable bonds is 5. The lowest BCUT2D eigenvalue weighted by Gasteiger charge is -2.53. The Morgan fingerprint density at radius 2 is 1.89 bits per heavy atom. The molecular formula is C17H24FN7O2S. The van der Waals surface area contributed by atoms with Gasteiger partial charge in [0.15, 0.2) is 16.8 Å². The zero-order chi connectivity index (χ0) is 20.7. The third-order valence-electron chi connectivity index (χ3n) is 5.28. The zero-order valence-corrected chi connectivity index (χ0v) is 17.3. The first-order chi connectivity index (χ1) is 13.0. The van der Waals surface area contributed by atoms with Crippen molar-refractivity contribution in [3.8, 4) is 0 Å². The van der Waals surface area contributed by atoms with Crippen molar-refractivity contribution in [3.63, 3.8) is 0 Å². The predicted octanol–water partition coefficient (Wildman–Crippen LogP) is 3.79. The number of anilines is 3. The Hall–Kier alpha value is -2.40. The van der Waals surface area contributed by atoms with E-state index in [1.807, 2.05) is 0 Å². The van der Waals surface area contributed by atoms with Gasteiger partial charge in [0, 0.05) is 17.1 Å². The van der Waals surface area contributed by atoms with Gasteiger partial charge >= 0.3 is 5.00 Å². The second kappa shape index (κ2) is 7.21. The van der Waals surface area contributed by atoms with Crippen LogP contribution in [0.2, 0.25) is 0 Å². The third kappa shape index (κ3) is 4.20. The summed E-state index contributed by atoms with van der Waals surface area (Å²) >= 11 is 0.860. The minimum atomic E-state index is -0.551.